The summed E-state index contributed by atoms with van der Waals surface area (Å²) in [5.74, 6) is -0.756. The number of carboxylic acid groups (broad SMARTS) is 1. The van der Waals surface area contributed by atoms with Gasteiger partial charge >= 0.3 is 5.97 Å². The van der Waals surface area contributed by atoms with Gasteiger partial charge < -0.3 is 9.84 Å². The van der Waals surface area contributed by atoms with Crippen molar-refractivity contribution in [3.05, 3.63) is 114 Å². The highest BCUT2D eigenvalue weighted by molar-refractivity contribution is 6.22. The van der Waals surface area contributed by atoms with E-state index in [1.165, 1.54) is 12.1 Å². The average molecular weight is 398 g/mol. The molecule has 148 valence electrons. The molecular weight excluding hydrogens is 379 g/mol. The smallest absolute Gasteiger partial charge is 0.336 e. The van der Waals surface area contributed by atoms with Gasteiger partial charge in [-0.15, -0.1) is 0 Å². The number of ether oxygens (including phenoxy) is 1. The Balaban J connectivity index is 1.80. The van der Waals surface area contributed by atoms with Crippen LogP contribution >= 0.6 is 0 Å². The number of hydrogen-bond acceptors (Lipinski definition) is 2. The van der Waals surface area contributed by atoms with Crippen LogP contribution in [0.4, 0.5) is 4.39 Å². The Labute approximate surface area is 173 Å². The Morgan fingerprint density at radius 2 is 1.57 bits per heavy atom. The number of carboxylic acids is 1. The van der Waals surface area contributed by atoms with E-state index in [9.17, 15) is 14.3 Å². The first-order chi connectivity index (χ1) is 14.6. The molecule has 0 saturated carbocycles. The fraction of sp³-hybridized carbons (Fsp3) is 0.0385. The van der Waals surface area contributed by atoms with E-state index in [4.69, 9.17) is 4.74 Å². The molecule has 4 heteroatoms. The molecule has 0 unspecified atom stereocenters. The topological polar surface area (TPSA) is 46.5 Å². The van der Waals surface area contributed by atoms with Gasteiger partial charge in [-0.25, -0.2) is 9.18 Å². The van der Waals surface area contributed by atoms with Crippen LogP contribution in [0.3, 0.4) is 0 Å². The minimum absolute atomic E-state index is 0.179. The monoisotopic (exact) mass is 398 g/mol. The maximum atomic E-state index is 13.2. The summed E-state index contributed by atoms with van der Waals surface area (Å²) in [7, 11) is 0. The zero-order valence-electron chi connectivity index (χ0n) is 16.1. The molecular formula is C26H19FO3. The predicted octanol–water partition coefficient (Wildman–Crippen LogP) is 6.18. The Morgan fingerprint density at radius 1 is 0.867 bits per heavy atom. The van der Waals surface area contributed by atoms with Crippen molar-refractivity contribution in [2.24, 2.45) is 0 Å². The van der Waals surface area contributed by atoms with E-state index in [0.29, 0.717) is 16.9 Å². The number of hydrogen-bond donors (Lipinski definition) is 1. The van der Waals surface area contributed by atoms with Crippen molar-refractivity contribution in [3.63, 3.8) is 0 Å². The quantitative estimate of drug-likeness (QED) is 0.311. The van der Waals surface area contributed by atoms with Crippen molar-refractivity contribution in [2.45, 2.75) is 6.61 Å². The summed E-state index contributed by atoms with van der Waals surface area (Å²) < 4.78 is 19.2. The van der Waals surface area contributed by atoms with Gasteiger partial charge in [-0.05, 0) is 46.2 Å². The molecule has 4 rings (SSSR count). The molecule has 0 aliphatic heterocycles. The second-order valence-corrected chi connectivity index (χ2v) is 6.84. The van der Waals surface area contributed by atoms with Gasteiger partial charge in [0.05, 0.1) is 5.57 Å². The van der Waals surface area contributed by atoms with Crippen molar-refractivity contribution < 1.29 is 19.0 Å². The van der Waals surface area contributed by atoms with E-state index in [1.807, 2.05) is 42.5 Å². The van der Waals surface area contributed by atoms with E-state index < -0.39 is 5.97 Å². The van der Waals surface area contributed by atoms with Crippen molar-refractivity contribution in [2.75, 3.05) is 0 Å². The van der Waals surface area contributed by atoms with Crippen LogP contribution in [0.15, 0.2) is 91.0 Å². The van der Waals surface area contributed by atoms with Crippen LogP contribution in [-0.4, -0.2) is 11.1 Å². The van der Waals surface area contributed by atoms with Gasteiger partial charge in [-0.3, -0.25) is 0 Å². The number of halogens is 1. The lowest BCUT2D eigenvalue weighted by Crippen LogP contribution is -2.01. The molecule has 0 atom stereocenters. The highest BCUT2D eigenvalue weighted by atomic mass is 19.1. The average Bonchev–Trinajstić information content (AvgIpc) is 2.77. The van der Waals surface area contributed by atoms with Crippen molar-refractivity contribution in [3.8, 4) is 5.75 Å². The Kier molecular flexibility index (Phi) is 5.57. The van der Waals surface area contributed by atoms with Crippen molar-refractivity contribution in [1.29, 1.82) is 0 Å². The normalized spacial score (nSPS) is 11.4. The lowest BCUT2D eigenvalue weighted by molar-refractivity contribution is -0.130. The second kappa shape index (κ2) is 8.62. The van der Waals surface area contributed by atoms with Crippen LogP contribution < -0.4 is 4.74 Å². The Morgan fingerprint density at radius 3 is 2.30 bits per heavy atom. The molecule has 0 spiro atoms. The summed E-state index contributed by atoms with van der Waals surface area (Å²) in [5, 5.41) is 11.7. The summed E-state index contributed by atoms with van der Waals surface area (Å²) in [5.41, 5.74) is 2.30. The first kappa shape index (κ1) is 19.4. The summed E-state index contributed by atoms with van der Waals surface area (Å²) in [4.78, 5) is 12.0. The van der Waals surface area contributed by atoms with Crippen molar-refractivity contribution in [1.82, 2.24) is 0 Å². The molecule has 0 aliphatic rings. The maximum absolute atomic E-state index is 13.2. The van der Waals surface area contributed by atoms with Crippen LogP contribution in [-0.2, 0) is 11.4 Å². The second-order valence-electron chi connectivity index (χ2n) is 6.84. The van der Waals surface area contributed by atoms with Crippen molar-refractivity contribution >= 4 is 28.4 Å². The van der Waals surface area contributed by atoms with Gasteiger partial charge in [0.1, 0.15) is 18.2 Å². The number of fused-ring (bicyclic) bond motifs is 1. The van der Waals surface area contributed by atoms with Crippen LogP contribution in [0.25, 0.3) is 22.4 Å². The molecule has 4 aromatic rings. The lowest BCUT2D eigenvalue weighted by Gasteiger charge is -2.13. The van der Waals surface area contributed by atoms with E-state index in [1.54, 1.807) is 42.5 Å². The van der Waals surface area contributed by atoms with E-state index in [-0.39, 0.29) is 18.0 Å². The highest BCUT2D eigenvalue weighted by Gasteiger charge is 2.14. The number of carbonyl (C=O) groups is 1. The lowest BCUT2D eigenvalue weighted by atomic mass is 9.98. The van der Waals surface area contributed by atoms with Crippen LogP contribution in [0.5, 0.6) is 5.75 Å². The molecule has 4 aromatic carbocycles. The van der Waals surface area contributed by atoms with Crippen LogP contribution in [0.2, 0.25) is 0 Å². The summed E-state index contributed by atoms with van der Waals surface area (Å²) in [6.07, 6.45) is 1.65. The standard InChI is InChI=1S/C26H19FO3/c27-21-13-10-18(11-14-21)17-30-25-15-12-20-8-4-5-9-22(20)24(25)16-23(26(28)29)19-6-2-1-3-7-19/h1-16H,17H2,(H,28,29)/b23-16+. The summed E-state index contributed by atoms with van der Waals surface area (Å²) >= 11 is 0. The molecule has 0 fully saturated rings. The van der Waals surface area contributed by atoms with Gasteiger partial charge in [0.15, 0.2) is 0 Å². The number of benzene rings is 4. The van der Waals surface area contributed by atoms with Gasteiger partial charge in [-0.2, -0.15) is 0 Å². The van der Waals surface area contributed by atoms with Gasteiger partial charge in [-0.1, -0.05) is 72.8 Å². The van der Waals surface area contributed by atoms with E-state index in [0.717, 1.165) is 16.3 Å². The fourth-order valence-electron chi connectivity index (χ4n) is 3.32. The number of aliphatic carboxylic acids is 1. The summed E-state index contributed by atoms with van der Waals surface area (Å²) in [6, 6.07) is 26.6. The van der Waals surface area contributed by atoms with E-state index >= 15 is 0 Å². The zero-order chi connectivity index (χ0) is 20.9. The minimum Gasteiger partial charge on any atom is -0.488 e. The molecule has 30 heavy (non-hydrogen) atoms. The predicted molar refractivity (Wildman–Crippen MR) is 117 cm³/mol. The fourth-order valence-corrected chi connectivity index (χ4v) is 3.32. The third kappa shape index (κ3) is 4.23. The van der Waals surface area contributed by atoms with Gasteiger partial charge in [0.25, 0.3) is 0 Å². The highest BCUT2D eigenvalue weighted by Crippen LogP contribution is 2.32. The first-order valence-corrected chi connectivity index (χ1v) is 9.51. The van der Waals surface area contributed by atoms with E-state index in [2.05, 4.69) is 0 Å². The number of rotatable bonds is 6. The molecule has 3 nitrogen and oxygen atoms in total. The molecule has 0 amide bonds. The third-order valence-corrected chi connectivity index (χ3v) is 4.84. The Bertz CT molecular complexity index is 1210. The first-order valence-electron chi connectivity index (χ1n) is 9.51. The van der Waals surface area contributed by atoms with Gasteiger partial charge in [0, 0.05) is 5.56 Å². The minimum atomic E-state index is -1.02. The summed E-state index contributed by atoms with van der Waals surface area (Å²) in [6.45, 7) is 0.243. The third-order valence-electron chi connectivity index (χ3n) is 4.84. The molecule has 0 saturated heterocycles. The zero-order valence-corrected chi connectivity index (χ0v) is 16.1. The SMILES string of the molecule is O=C(O)/C(=C/c1c(OCc2ccc(F)cc2)ccc2ccccc12)c1ccccc1. The molecule has 0 bridgehead atoms. The Hall–Kier alpha value is -3.92. The largest absolute Gasteiger partial charge is 0.488 e. The maximum Gasteiger partial charge on any atom is 0.336 e. The van der Waals surface area contributed by atoms with Crippen LogP contribution in [0, 0.1) is 5.82 Å². The molecule has 0 aliphatic carbocycles. The molecule has 0 heterocycles. The molecule has 1 N–H and O–H groups in total. The molecule has 0 aromatic heterocycles. The van der Waals surface area contributed by atoms with Crippen LogP contribution in [0.1, 0.15) is 16.7 Å². The molecule has 0 radical (unpaired) electrons. The van der Waals surface area contributed by atoms with Gasteiger partial charge in [0.2, 0.25) is 0 Å².